The van der Waals surface area contributed by atoms with Crippen LogP contribution in [0.2, 0.25) is 5.02 Å². The van der Waals surface area contributed by atoms with Crippen LogP contribution in [0.15, 0.2) is 35.3 Å². The van der Waals surface area contributed by atoms with E-state index in [0.29, 0.717) is 0 Å². The average Bonchev–Trinajstić information content (AvgIpc) is 2.07. The molecule has 0 aliphatic rings. The molecule has 0 aliphatic heterocycles. The first-order chi connectivity index (χ1) is 5.74. The van der Waals surface area contributed by atoms with Gasteiger partial charge in [-0.2, -0.15) is 0 Å². The van der Waals surface area contributed by atoms with Crippen molar-refractivity contribution in [2.24, 2.45) is 0 Å². The van der Waals surface area contributed by atoms with Crippen LogP contribution in [0, 0.1) is 0 Å². The molecule has 1 aromatic rings. The van der Waals surface area contributed by atoms with Crippen LogP contribution >= 0.6 is 27.5 Å². The number of hydrogen-bond donors (Lipinski definition) is 1. The summed E-state index contributed by atoms with van der Waals surface area (Å²) in [6, 6.07) is 5.62. The van der Waals surface area contributed by atoms with E-state index in [1.165, 1.54) is 0 Å². The Bertz CT molecular complexity index is 286. The van der Waals surface area contributed by atoms with Gasteiger partial charge >= 0.3 is 0 Å². The molecule has 0 saturated heterocycles. The third-order valence-electron chi connectivity index (χ3n) is 1.37. The lowest BCUT2D eigenvalue weighted by atomic mass is 10.3. The van der Waals surface area contributed by atoms with Gasteiger partial charge in [0.1, 0.15) is 0 Å². The summed E-state index contributed by atoms with van der Waals surface area (Å²) in [5, 5.41) is 3.88. The smallest absolute Gasteiger partial charge is 0.0502 e. The van der Waals surface area contributed by atoms with Gasteiger partial charge in [0, 0.05) is 16.0 Å². The van der Waals surface area contributed by atoms with Crippen molar-refractivity contribution in [3.8, 4) is 0 Å². The van der Waals surface area contributed by atoms with Gasteiger partial charge in [-0.05, 0) is 34.1 Å². The maximum atomic E-state index is 5.81. The van der Waals surface area contributed by atoms with Gasteiger partial charge in [0.05, 0.1) is 5.69 Å². The molecule has 0 heterocycles. The summed E-state index contributed by atoms with van der Waals surface area (Å²) in [7, 11) is 0. The minimum atomic E-state index is 0.727. The number of rotatable bonds is 3. The van der Waals surface area contributed by atoms with Crippen LogP contribution in [-0.2, 0) is 0 Å². The van der Waals surface area contributed by atoms with E-state index in [1.54, 1.807) is 6.08 Å². The number of anilines is 1. The van der Waals surface area contributed by atoms with E-state index in [2.05, 4.69) is 27.8 Å². The van der Waals surface area contributed by atoms with Crippen molar-refractivity contribution < 1.29 is 0 Å². The minimum absolute atomic E-state index is 0.727. The molecule has 64 valence electrons. The Kier molecular flexibility index (Phi) is 3.63. The van der Waals surface area contributed by atoms with Gasteiger partial charge in [0.25, 0.3) is 0 Å². The molecule has 0 unspecified atom stereocenters. The Morgan fingerprint density at radius 1 is 1.58 bits per heavy atom. The monoisotopic (exact) mass is 245 g/mol. The fourth-order valence-electron chi connectivity index (χ4n) is 0.815. The molecule has 0 aromatic heterocycles. The predicted molar refractivity (Wildman–Crippen MR) is 57.8 cm³/mol. The average molecular weight is 247 g/mol. The first-order valence-corrected chi connectivity index (χ1v) is 4.71. The minimum Gasteiger partial charge on any atom is -0.381 e. The lowest BCUT2D eigenvalue weighted by Crippen LogP contribution is -1.97. The predicted octanol–water partition coefficient (Wildman–Crippen LogP) is 3.70. The Morgan fingerprint density at radius 2 is 2.33 bits per heavy atom. The highest BCUT2D eigenvalue weighted by molar-refractivity contribution is 9.10. The van der Waals surface area contributed by atoms with Crippen LogP contribution in [-0.4, -0.2) is 6.54 Å². The number of hydrogen-bond acceptors (Lipinski definition) is 1. The van der Waals surface area contributed by atoms with Crippen LogP contribution in [0.3, 0.4) is 0 Å². The second kappa shape index (κ2) is 4.53. The SMILES string of the molecule is C=CCNc1cc(Cl)ccc1Br. The summed E-state index contributed by atoms with van der Waals surface area (Å²) in [6.07, 6.45) is 1.80. The Hall–Kier alpha value is -0.470. The highest BCUT2D eigenvalue weighted by Crippen LogP contribution is 2.25. The maximum absolute atomic E-state index is 5.81. The van der Waals surface area contributed by atoms with Gasteiger partial charge in [-0.1, -0.05) is 17.7 Å². The summed E-state index contributed by atoms with van der Waals surface area (Å²) in [5.41, 5.74) is 0.988. The fourth-order valence-corrected chi connectivity index (χ4v) is 1.37. The van der Waals surface area contributed by atoms with Crippen LogP contribution in [0.25, 0.3) is 0 Å². The molecular weight excluding hydrogens is 237 g/mol. The van der Waals surface area contributed by atoms with Crippen LogP contribution < -0.4 is 5.32 Å². The molecule has 0 radical (unpaired) electrons. The van der Waals surface area contributed by atoms with E-state index in [0.717, 1.165) is 21.7 Å². The standard InChI is InChI=1S/C9H9BrClN/c1-2-5-12-9-6-7(11)3-4-8(9)10/h2-4,6,12H,1,5H2. The van der Waals surface area contributed by atoms with E-state index in [1.807, 2.05) is 18.2 Å². The maximum Gasteiger partial charge on any atom is 0.0502 e. The highest BCUT2D eigenvalue weighted by atomic mass is 79.9. The number of benzene rings is 1. The van der Waals surface area contributed by atoms with Crippen molar-refractivity contribution in [1.82, 2.24) is 0 Å². The molecule has 1 nitrogen and oxygen atoms in total. The topological polar surface area (TPSA) is 12.0 Å². The van der Waals surface area contributed by atoms with E-state index in [9.17, 15) is 0 Å². The molecule has 0 atom stereocenters. The molecule has 0 fully saturated rings. The number of halogens is 2. The molecule has 12 heavy (non-hydrogen) atoms. The zero-order valence-corrected chi connectivity index (χ0v) is 8.82. The molecule has 0 spiro atoms. The van der Waals surface area contributed by atoms with Gasteiger partial charge in [-0.3, -0.25) is 0 Å². The molecule has 1 N–H and O–H groups in total. The highest BCUT2D eigenvalue weighted by Gasteiger charge is 1.97. The van der Waals surface area contributed by atoms with E-state index in [-0.39, 0.29) is 0 Å². The van der Waals surface area contributed by atoms with Crippen LogP contribution in [0.1, 0.15) is 0 Å². The van der Waals surface area contributed by atoms with Gasteiger partial charge < -0.3 is 5.32 Å². The van der Waals surface area contributed by atoms with Crippen molar-refractivity contribution >= 4 is 33.2 Å². The van der Waals surface area contributed by atoms with E-state index < -0.39 is 0 Å². The van der Waals surface area contributed by atoms with Crippen LogP contribution in [0.5, 0.6) is 0 Å². The van der Waals surface area contributed by atoms with Crippen molar-refractivity contribution in [2.75, 3.05) is 11.9 Å². The third kappa shape index (κ3) is 2.54. The lowest BCUT2D eigenvalue weighted by molar-refractivity contribution is 1.33. The van der Waals surface area contributed by atoms with Crippen molar-refractivity contribution in [3.63, 3.8) is 0 Å². The largest absolute Gasteiger partial charge is 0.381 e. The van der Waals surface area contributed by atoms with Gasteiger partial charge in [0.15, 0.2) is 0 Å². The van der Waals surface area contributed by atoms with Crippen molar-refractivity contribution in [3.05, 3.63) is 40.3 Å². The number of nitrogens with one attached hydrogen (secondary N) is 1. The summed E-state index contributed by atoms with van der Waals surface area (Å²) >= 11 is 9.21. The molecule has 0 bridgehead atoms. The zero-order valence-electron chi connectivity index (χ0n) is 6.48. The fraction of sp³-hybridized carbons (Fsp3) is 0.111. The van der Waals surface area contributed by atoms with E-state index in [4.69, 9.17) is 11.6 Å². The third-order valence-corrected chi connectivity index (χ3v) is 2.29. The Morgan fingerprint density at radius 3 is 3.00 bits per heavy atom. The second-order valence-corrected chi connectivity index (χ2v) is 3.58. The normalized spacial score (nSPS) is 9.50. The summed E-state index contributed by atoms with van der Waals surface area (Å²) in [6.45, 7) is 4.35. The van der Waals surface area contributed by atoms with Gasteiger partial charge in [0.2, 0.25) is 0 Å². The first kappa shape index (κ1) is 9.62. The molecule has 0 amide bonds. The quantitative estimate of drug-likeness (QED) is 0.802. The zero-order chi connectivity index (χ0) is 8.97. The summed E-state index contributed by atoms with van der Waals surface area (Å²) in [4.78, 5) is 0. The Balaban J connectivity index is 2.82. The molecule has 0 aliphatic carbocycles. The molecule has 1 rings (SSSR count). The summed E-state index contributed by atoms with van der Waals surface area (Å²) in [5.74, 6) is 0. The lowest BCUT2D eigenvalue weighted by Gasteiger charge is -2.05. The molecule has 3 heteroatoms. The molecule has 1 aromatic carbocycles. The second-order valence-electron chi connectivity index (χ2n) is 2.29. The van der Waals surface area contributed by atoms with E-state index >= 15 is 0 Å². The van der Waals surface area contributed by atoms with Gasteiger partial charge in [-0.25, -0.2) is 0 Å². The van der Waals surface area contributed by atoms with Crippen molar-refractivity contribution in [1.29, 1.82) is 0 Å². The molecular formula is C9H9BrClN. The Labute approximate surface area is 85.6 Å². The summed E-state index contributed by atoms with van der Waals surface area (Å²) < 4.78 is 1.01. The molecule has 0 saturated carbocycles. The van der Waals surface area contributed by atoms with Crippen LogP contribution in [0.4, 0.5) is 5.69 Å². The van der Waals surface area contributed by atoms with Crippen molar-refractivity contribution in [2.45, 2.75) is 0 Å². The first-order valence-electron chi connectivity index (χ1n) is 3.54. The van der Waals surface area contributed by atoms with Gasteiger partial charge in [-0.15, -0.1) is 6.58 Å².